The van der Waals surface area contributed by atoms with Gasteiger partial charge in [0, 0.05) is 36.4 Å². The van der Waals surface area contributed by atoms with Gasteiger partial charge in [-0.1, -0.05) is 139 Å². The van der Waals surface area contributed by atoms with E-state index in [2.05, 4.69) is 13.8 Å². The molecule has 0 radical (unpaired) electrons. The Morgan fingerprint density at radius 3 is 1.29 bits per heavy atom. The molecule has 2 aliphatic rings. The van der Waals surface area contributed by atoms with E-state index < -0.39 is 29.2 Å². The lowest BCUT2D eigenvalue weighted by Gasteiger charge is -2.42. The SMILES string of the molecule is CCCCCCCCOC1CCC(C(=O)Oc2ccc(/C=C/C(=O)CC(Cc3ccc(N)cc3)(Cc3ccc(N)cc3)C(O)(O)C(=O)/C=C/c3ccc(OC(=O)C4CCC(OCCCCCCCC)CC4)cc3)cc2)CC1. The lowest BCUT2D eigenvalue weighted by molar-refractivity contribution is -0.230. The molecule has 6 N–H and O–H groups in total. The van der Waals surface area contributed by atoms with Gasteiger partial charge in [0.2, 0.25) is 11.6 Å². The summed E-state index contributed by atoms with van der Waals surface area (Å²) in [6.45, 7) is 5.97. The fourth-order valence-corrected chi connectivity index (χ4v) is 10.6. The summed E-state index contributed by atoms with van der Waals surface area (Å²) in [4.78, 5) is 54.8. The van der Waals surface area contributed by atoms with Crippen molar-refractivity contribution in [1.29, 1.82) is 0 Å². The maximum absolute atomic E-state index is 14.3. The number of rotatable bonds is 32. The summed E-state index contributed by atoms with van der Waals surface area (Å²) in [5.74, 6) is -4.75. The van der Waals surface area contributed by atoms with E-state index in [1.807, 2.05) is 0 Å². The Morgan fingerprint density at radius 1 is 0.506 bits per heavy atom. The summed E-state index contributed by atoms with van der Waals surface area (Å²) in [7, 11) is 0. The molecule has 0 unspecified atom stereocenters. The van der Waals surface area contributed by atoms with Crippen molar-refractivity contribution >= 4 is 47.0 Å². The molecule has 12 heteroatoms. The minimum absolute atomic E-state index is 0.0916. The largest absolute Gasteiger partial charge is 0.426 e. The van der Waals surface area contributed by atoms with Crippen molar-refractivity contribution in [3.8, 4) is 11.5 Å². The van der Waals surface area contributed by atoms with Crippen LogP contribution in [0.15, 0.2) is 109 Å². The van der Waals surface area contributed by atoms with Crippen LogP contribution < -0.4 is 20.9 Å². The summed E-state index contributed by atoms with van der Waals surface area (Å²) in [5.41, 5.74) is 13.7. The molecular weight excluding hydrogens is 969 g/mol. The lowest BCUT2D eigenvalue weighted by Crippen LogP contribution is -2.57. The minimum Gasteiger partial charge on any atom is -0.426 e. The average molecular weight is 1060 g/mol. The molecule has 6 rings (SSSR count). The first-order valence-corrected chi connectivity index (χ1v) is 28.7. The number of nitrogens with two attached hydrogens (primary N) is 2. The maximum Gasteiger partial charge on any atom is 0.314 e. The summed E-state index contributed by atoms with van der Waals surface area (Å²) >= 11 is 0. The smallest absolute Gasteiger partial charge is 0.314 e. The highest BCUT2D eigenvalue weighted by atomic mass is 16.5. The Bertz CT molecular complexity index is 2420. The second kappa shape index (κ2) is 31.5. The summed E-state index contributed by atoms with van der Waals surface area (Å²) in [6.07, 6.45) is 26.0. The zero-order chi connectivity index (χ0) is 54.9. The molecule has 0 saturated heterocycles. The van der Waals surface area contributed by atoms with Gasteiger partial charge < -0.3 is 40.6 Å². The molecule has 416 valence electrons. The van der Waals surface area contributed by atoms with Gasteiger partial charge in [-0.05, 0) is 160 Å². The third-order valence-electron chi connectivity index (χ3n) is 15.4. The van der Waals surface area contributed by atoms with Crippen LogP contribution in [0.5, 0.6) is 11.5 Å². The highest BCUT2D eigenvalue weighted by molar-refractivity contribution is 6.01. The Balaban J connectivity index is 1.08. The summed E-state index contributed by atoms with van der Waals surface area (Å²) in [5, 5.41) is 24.6. The quantitative estimate of drug-likeness (QED) is 0.00903. The minimum atomic E-state index is -3.07. The third kappa shape index (κ3) is 19.8. The van der Waals surface area contributed by atoms with E-state index in [1.54, 1.807) is 103 Å². The number of carbonyl (C=O) groups excluding carboxylic acids is 4. The van der Waals surface area contributed by atoms with E-state index in [9.17, 15) is 29.4 Å². The van der Waals surface area contributed by atoms with Crippen molar-refractivity contribution in [2.45, 2.75) is 180 Å². The van der Waals surface area contributed by atoms with Crippen LogP contribution in [-0.2, 0) is 41.5 Å². The molecule has 12 nitrogen and oxygen atoms in total. The van der Waals surface area contributed by atoms with Crippen LogP contribution in [-0.4, -0.2) is 64.9 Å². The van der Waals surface area contributed by atoms with Crippen LogP contribution in [0, 0.1) is 17.3 Å². The van der Waals surface area contributed by atoms with E-state index in [0.29, 0.717) is 58.0 Å². The zero-order valence-electron chi connectivity index (χ0n) is 45.8. The number of ether oxygens (including phenoxy) is 4. The number of unbranched alkanes of at least 4 members (excludes halogenated alkanes) is 10. The standard InChI is InChI=1S/C65H86N2O10/c1-3-5-7-9-11-13-43-74-57-38-25-52(26-39-57)62(70)76-59-34-20-48(21-35-59)19-33-56(68)47-64(45-50-15-29-54(66)30-16-50,46-51-17-31-55(67)32-18-51)65(72,73)61(69)42-24-49-22-36-60(37-23-49)77-63(71)53-27-40-58(41-28-53)75-44-14-12-10-8-6-4-2/h15-24,29-37,42,52-53,57-58,72-73H,3-14,25-28,38-41,43-47,66-67H2,1-2H3/b33-19+,42-24+. The molecule has 2 aliphatic carbocycles. The van der Waals surface area contributed by atoms with Gasteiger partial charge in [-0.25, -0.2) is 0 Å². The molecule has 0 bridgehead atoms. The summed E-state index contributed by atoms with van der Waals surface area (Å²) < 4.78 is 23.8. The predicted octanol–water partition coefficient (Wildman–Crippen LogP) is 12.9. The van der Waals surface area contributed by atoms with Crippen LogP contribution in [0.1, 0.15) is 171 Å². The van der Waals surface area contributed by atoms with E-state index in [4.69, 9.17) is 30.4 Å². The number of benzene rings is 4. The number of anilines is 2. The molecule has 77 heavy (non-hydrogen) atoms. The van der Waals surface area contributed by atoms with Gasteiger partial charge >= 0.3 is 11.9 Å². The molecule has 0 amide bonds. The number of carbonyl (C=O) groups is 4. The first kappa shape index (κ1) is 60.3. The fourth-order valence-electron chi connectivity index (χ4n) is 10.6. The van der Waals surface area contributed by atoms with E-state index >= 15 is 0 Å². The third-order valence-corrected chi connectivity index (χ3v) is 15.4. The van der Waals surface area contributed by atoms with Crippen LogP contribution in [0.4, 0.5) is 11.4 Å². The average Bonchev–Trinajstić information content (AvgIpc) is 3.46. The second-order valence-corrected chi connectivity index (χ2v) is 21.7. The highest BCUT2D eigenvalue weighted by Gasteiger charge is 2.54. The number of aliphatic hydroxyl groups is 2. The Morgan fingerprint density at radius 2 is 0.883 bits per heavy atom. The number of hydrogen-bond donors (Lipinski definition) is 4. The van der Waals surface area contributed by atoms with Gasteiger partial charge in [0.25, 0.3) is 0 Å². The normalized spacial score (nSPS) is 18.1. The van der Waals surface area contributed by atoms with Gasteiger partial charge in [-0.2, -0.15) is 0 Å². The van der Waals surface area contributed by atoms with Crippen molar-refractivity contribution in [2.75, 3.05) is 24.7 Å². The molecule has 2 saturated carbocycles. The molecule has 2 fully saturated rings. The Kier molecular flexibility index (Phi) is 24.7. The molecule has 0 aromatic heterocycles. The van der Waals surface area contributed by atoms with Crippen molar-refractivity contribution in [1.82, 2.24) is 0 Å². The number of hydrogen-bond acceptors (Lipinski definition) is 12. The number of nitrogen functional groups attached to an aromatic ring is 2. The lowest BCUT2D eigenvalue weighted by atomic mass is 9.65. The fraction of sp³-hybridized carbons (Fsp3) is 0.508. The van der Waals surface area contributed by atoms with E-state index in [-0.39, 0.29) is 48.8 Å². The van der Waals surface area contributed by atoms with Crippen molar-refractivity contribution in [3.05, 3.63) is 131 Å². The molecule has 0 heterocycles. The number of ketones is 2. The molecule has 0 atom stereocenters. The van der Waals surface area contributed by atoms with Crippen LogP contribution >= 0.6 is 0 Å². The van der Waals surface area contributed by atoms with Crippen molar-refractivity contribution in [2.24, 2.45) is 17.3 Å². The second-order valence-electron chi connectivity index (χ2n) is 21.7. The molecule has 4 aromatic rings. The Hall–Kier alpha value is -5.92. The number of esters is 2. The van der Waals surface area contributed by atoms with Gasteiger partial charge in [0.15, 0.2) is 5.78 Å². The van der Waals surface area contributed by atoms with Crippen LogP contribution in [0.2, 0.25) is 0 Å². The monoisotopic (exact) mass is 1050 g/mol. The van der Waals surface area contributed by atoms with E-state index in [1.165, 1.54) is 76.4 Å². The van der Waals surface area contributed by atoms with Crippen LogP contribution in [0.3, 0.4) is 0 Å². The molecule has 4 aromatic carbocycles. The zero-order valence-corrected chi connectivity index (χ0v) is 45.8. The van der Waals surface area contributed by atoms with Crippen molar-refractivity contribution < 1.29 is 48.3 Å². The first-order chi connectivity index (χ1) is 37.2. The number of allylic oxidation sites excluding steroid dienone is 1. The predicted molar refractivity (Wildman–Crippen MR) is 306 cm³/mol. The van der Waals surface area contributed by atoms with Crippen LogP contribution in [0.25, 0.3) is 12.2 Å². The van der Waals surface area contributed by atoms with Crippen molar-refractivity contribution in [3.63, 3.8) is 0 Å². The van der Waals surface area contributed by atoms with E-state index in [0.717, 1.165) is 70.7 Å². The van der Waals surface area contributed by atoms with Gasteiger partial charge in [0.05, 0.1) is 24.0 Å². The Labute approximate surface area is 458 Å². The van der Waals surface area contributed by atoms with Gasteiger partial charge in [0.1, 0.15) is 11.5 Å². The van der Waals surface area contributed by atoms with Gasteiger partial charge in [-0.3, -0.25) is 19.2 Å². The molecular formula is C65H86N2O10. The topological polar surface area (TPSA) is 198 Å². The maximum atomic E-state index is 14.3. The molecule has 0 aliphatic heterocycles. The summed E-state index contributed by atoms with van der Waals surface area (Å²) in [6, 6.07) is 27.1. The highest BCUT2D eigenvalue weighted by Crippen LogP contribution is 2.43. The first-order valence-electron chi connectivity index (χ1n) is 28.7. The molecule has 0 spiro atoms. The van der Waals surface area contributed by atoms with Gasteiger partial charge in [-0.15, -0.1) is 0 Å².